The molecule has 1 atom stereocenters. The lowest BCUT2D eigenvalue weighted by atomic mass is 9.86. The molecule has 5 heteroatoms. The molecule has 2 rings (SSSR count). The molecular formula is C19H22BrClN2S. The van der Waals surface area contributed by atoms with Crippen LogP contribution < -0.4 is 10.6 Å². The van der Waals surface area contributed by atoms with Crippen LogP contribution >= 0.6 is 39.7 Å². The summed E-state index contributed by atoms with van der Waals surface area (Å²) in [5.41, 5.74) is 3.54. The van der Waals surface area contributed by atoms with Crippen molar-refractivity contribution in [1.82, 2.24) is 5.32 Å². The summed E-state index contributed by atoms with van der Waals surface area (Å²) in [6, 6.07) is 14.4. The second-order valence-electron chi connectivity index (χ2n) is 6.82. The van der Waals surface area contributed by atoms with Crippen LogP contribution in [0.3, 0.4) is 0 Å². The SMILES string of the molecule is C[C@@H](NC(=S)Nc1ccc(Br)c(Cl)c1)c1ccc(C(C)(C)C)cc1. The fraction of sp³-hybridized carbons (Fsp3) is 0.316. The molecule has 0 heterocycles. The third-order valence-corrected chi connectivity index (χ3v) is 5.25. The van der Waals surface area contributed by atoms with Gasteiger partial charge in [-0.1, -0.05) is 56.6 Å². The lowest BCUT2D eigenvalue weighted by Crippen LogP contribution is -2.30. The molecule has 0 bridgehead atoms. The molecule has 0 aliphatic carbocycles. The first-order valence-corrected chi connectivity index (χ1v) is 9.38. The molecule has 24 heavy (non-hydrogen) atoms. The molecule has 0 saturated heterocycles. The first kappa shape index (κ1) is 19.2. The molecule has 2 nitrogen and oxygen atoms in total. The van der Waals surface area contributed by atoms with E-state index in [0.29, 0.717) is 10.1 Å². The summed E-state index contributed by atoms with van der Waals surface area (Å²) in [5, 5.41) is 7.68. The van der Waals surface area contributed by atoms with Crippen LogP contribution in [0.1, 0.15) is 44.9 Å². The summed E-state index contributed by atoms with van der Waals surface area (Å²) in [7, 11) is 0. The molecule has 0 unspecified atom stereocenters. The largest absolute Gasteiger partial charge is 0.356 e. The van der Waals surface area contributed by atoms with Gasteiger partial charge < -0.3 is 10.6 Å². The summed E-state index contributed by atoms with van der Waals surface area (Å²) >= 11 is 14.9. The molecule has 2 N–H and O–H groups in total. The molecule has 0 fully saturated rings. The van der Waals surface area contributed by atoms with Gasteiger partial charge in [0.2, 0.25) is 0 Å². The number of halogens is 2. The molecule has 2 aromatic rings. The highest BCUT2D eigenvalue weighted by Gasteiger charge is 2.14. The zero-order valence-electron chi connectivity index (χ0n) is 14.3. The summed E-state index contributed by atoms with van der Waals surface area (Å²) in [6.07, 6.45) is 0. The van der Waals surface area contributed by atoms with Gasteiger partial charge >= 0.3 is 0 Å². The fourth-order valence-corrected chi connectivity index (χ4v) is 3.01. The van der Waals surface area contributed by atoms with Crippen molar-refractivity contribution >= 4 is 50.5 Å². The van der Waals surface area contributed by atoms with Gasteiger partial charge in [-0.3, -0.25) is 0 Å². The van der Waals surface area contributed by atoms with E-state index in [0.717, 1.165) is 10.2 Å². The maximum absolute atomic E-state index is 6.10. The summed E-state index contributed by atoms with van der Waals surface area (Å²) in [5.74, 6) is 0. The van der Waals surface area contributed by atoms with Crippen LogP contribution in [-0.2, 0) is 5.41 Å². The molecule has 0 amide bonds. The Morgan fingerprint density at radius 1 is 1.12 bits per heavy atom. The van der Waals surface area contributed by atoms with Crippen LogP contribution in [0.2, 0.25) is 5.02 Å². The first-order valence-electron chi connectivity index (χ1n) is 7.80. The minimum atomic E-state index is 0.116. The van der Waals surface area contributed by atoms with Crippen LogP contribution in [0.15, 0.2) is 46.9 Å². The summed E-state index contributed by atoms with van der Waals surface area (Å²) in [4.78, 5) is 0. The standard InChI is InChI=1S/C19H22BrClN2S/c1-12(13-5-7-14(8-6-13)19(2,3)4)22-18(24)23-15-9-10-16(20)17(21)11-15/h5-12H,1-4H3,(H2,22,23,24)/t12-/m1/s1. The van der Waals surface area contributed by atoms with Crippen molar-refractivity contribution in [1.29, 1.82) is 0 Å². The van der Waals surface area contributed by atoms with Crippen LogP contribution in [0.4, 0.5) is 5.69 Å². The van der Waals surface area contributed by atoms with Crippen LogP contribution in [0.25, 0.3) is 0 Å². The topological polar surface area (TPSA) is 24.1 Å². The first-order chi connectivity index (χ1) is 11.2. The molecule has 2 aromatic carbocycles. The average Bonchev–Trinajstić information content (AvgIpc) is 2.50. The van der Waals surface area contributed by atoms with Gasteiger partial charge in [-0.05, 0) is 69.8 Å². The molecule has 0 aliphatic heterocycles. The molecule has 0 spiro atoms. The van der Waals surface area contributed by atoms with E-state index in [4.69, 9.17) is 23.8 Å². The Labute approximate surface area is 163 Å². The molecule has 0 saturated carbocycles. The van der Waals surface area contributed by atoms with Crippen LogP contribution in [0, 0.1) is 0 Å². The van der Waals surface area contributed by atoms with Crippen molar-refractivity contribution in [2.45, 2.75) is 39.2 Å². The van der Waals surface area contributed by atoms with Crippen LogP contribution in [0.5, 0.6) is 0 Å². The van der Waals surface area contributed by atoms with E-state index in [2.05, 4.69) is 78.5 Å². The Bertz CT molecular complexity index is 723. The summed E-state index contributed by atoms with van der Waals surface area (Å²) in [6.45, 7) is 8.73. The Morgan fingerprint density at radius 2 is 1.75 bits per heavy atom. The van der Waals surface area contributed by atoms with Crippen molar-refractivity contribution in [3.63, 3.8) is 0 Å². The third-order valence-electron chi connectivity index (χ3n) is 3.80. The van der Waals surface area contributed by atoms with Crippen molar-refractivity contribution in [3.8, 4) is 0 Å². The van der Waals surface area contributed by atoms with Crippen molar-refractivity contribution < 1.29 is 0 Å². The predicted octanol–water partition coefficient (Wildman–Crippen LogP) is 6.45. The zero-order valence-corrected chi connectivity index (χ0v) is 17.4. The minimum Gasteiger partial charge on any atom is -0.356 e. The smallest absolute Gasteiger partial charge is 0.171 e. The van der Waals surface area contributed by atoms with E-state index in [9.17, 15) is 0 Å². The number of nitrogens with one attached hydrogen (secondary N) is 2. The number of anilines is 1. The molecular weight excluding hydrogens is 404 g/mol. The maximum atomic E-state index is 6.10. The van der Waals surface area contributed by atoms with E-state index >= 15 is 0 Å². The normalized spacial score (nSPS) is 12.6. The van der Waals surface area contributed by atoms with Crippen molar-refractivity contribution in [3.05, 3.63) is 63.1 Å². The van der Waals surface area contributed by atoms with E-state index in [1.165, 1.54) is 11.1 Å². The summed E-state index contributed by atoms with van der Waals surface area (Å²) < 4.78 is 0.862. The molecule has 0 aliphatic rings. The number of benzene rings is 2. The number of thiocarbonyl (C=S) groups is 1. The Hall–Kier alpha value is -1.10. The van der Waals surface area contributed by atoms with E-state index in [1.54, 1.807) is 0 Å². The molecule has 0 radical (unpaired) electrons. The number of rotatable bonds is 3. The Kier molecular flexibility index (Phi) is 6.29. The highest BCUT2D eigenvalue weighted by Crippen LogP contribution is 2.26. The van der Waals surface area contributed by atoms with Gasteiger partial charge in [-0.25, -0.2) is 0 Å². The van der Waals surface area contributed by atoms with E-state index < -0.39 is 0 Å². The Balaban J connectivity index is 1.99. The number of hydrogen-bond donors (Lipinski definition) is 2. The van der Waals surface area contributed by atoms with Gasteiger partial charge in [0.25, 0.3) is 0 Å². The average molecular weight is 426 g/mol. The minimum absolute atomic E-state index is 0.116. The van der Waals surface area contributed by atoms with Gasteiger partial charge in [0.1, 0.15) is 0 Å². The highest BCUT2D eigenvalue weighted by molar-refractivity contribution is 9.10. The molecule has 128 valence electrons. The second kappa shape index (κ2) is 7.85. The molecule has 0 aromatic heterocycles. The Morgan fingerprint density at radius 3 is 2.29 bits per heavy atom. The predicted molar refractivity (Wildman–Crippen MR) is 112 cm³/mol. The van der Waals surface area contributed by atoms with Crippen molar-refractivity contribution in [2.75, 3.05) is 5.32 Å². The highest BCUT2D eigenvalue weighted by atomic mass is 79.9. The lowest BCUT2D eigenvalue weighted by Gasteiger charge is -2.21. The van der Waals surface area contributed by atoms with Gasteiger partial charge in [0.05, 0.1) is 11.1 Å². The van der Waals surface area contributed by atoms with Crippen molar-refractivity contribution in [2.24, 2.45) is 0 Å². The third kappa shape index (κ3) is 5.20. The van der Waals surface area contributed by atoms with Gasteiger partial charge in [0.15, 0.2) is 5.11 Å². The van der Waals surface area contributed by atoms with Gasteiger partial charge in [-0.2, -0.15) is 0 Å². The zero-order chi connectivity index (χ0) is 17.9. The maximum Gasteiger partial charge on any atom is 0.171 e. The van der Waals surface area contributed by atoms with E-state index in [1.807, 2.05) is 18.2 Å². The fourth-order valence-electron chi connectivity index (χ4n) is 2.29. The lowest BCUT2D eigenvalue weighted by molar-refractivity contribution is 0.589. The quantitative estimate of drug-likeness (QED) is 0.553. The second-order valence-corrected chi connectivity index (χ2v) is 8.49. The monoisotopic (exact) mass is 424 g/mol. The van der Waals surface area contributed by atoms with Gasteiger partial charge in [0, 0.05) is 10.2 Å². The number of hydrogen-bond acceptors (Lipinski definition) is 1. The van der Waals surface area contributed by atoms with Gasteiger partial charge in [-0.15, -0.1) is 0 Å². The van der Waals surface area contributed by atoms with Crippen LogP contribution in [-0.4, -0.2) is 5.11 Å². The van der Waals surface area contributed by atoms with E-state index in [-0.39, 0.29) is 11.5 Å².